The predicted molar refractivity (Wildman–Crippen MR) is 87.3 cm³/mol. The summed E-state index contributed by atoms with van der Waals surface area (Å²) in [5.41, 5.74) is 7.26. The number of hydrogen-bond donors (Lipinski definition) is 2. The minimum Gasteiger partial charge on any atom is -0.366 e. The molecule has 0 spiro atoms. The molecule has 0 saturated carbocycles. The number of nitrogens with two attached hydrogens (primary N) is 1. The summed E-state index contributed by atoms with van der Waals surface area (Å²) in [5.74, 6) is -0.697. The van der Waals surface area contributed by atoms with Crippen LogP contribution in [0, 0.1) is 0 Å². The van der Waals surface area contributed by atoms with Gasteiger partial charge in [0.1, 0.15) is 0 Å². The lowest BCUT2D eigenvalue weighted by Crippen LogP contribution is -2.20. The van der Waals surface area contributed by atoms with Gasteiger partial charge >= 0.3 is 0 Å². The molecule has 0 aromatic heterocycles. The molecule has 0 heterocycles. The van der Waals surface area contributed by atoms with Crippen LogP contribution in [0.1, 0.15) is 21.5 Å². The van der Waals surface area contributed by atoms with Crippen LogP contribution in [0.25, 0.3) is 6.08 Å². The van der Waals surface area contributed by atoms with Crippen molar-refractivity contribution >= 4 is 29.5 Å². The Morgan fingerprint density at radius 2 is 1.77 bits per heavy atom. The summed E-state index contributed by atoms with van der Waals surface area (Å²) in [6.07, 6.45) is 3.09. The minimum atomic E-state index is -0.474. The minimum absolute atomic E-state index is 0.223. The van der Waals surface area contributed by atoms with Crippen molar-refractivity contribution in [3.05, 3.63) is 76.3 Å². The van der Waals surface area contributed by atoms with E-state index in [1.807, 2.05) is 18.2 Å². The fraction of sp³-hybridized carbons (Fsp3) is 0.0588. The molecular weight excluding hydrogens is 300 g/mol. The zero-order valence-corrected chi connectivity index (χ0v) is 12.5. The SMILES string of the molecule is NC(=O)c1ccc(CNC(=O)/C=C/c2ccccc2Cl)cc1. The third-order valence-corrected chi connectivity index (χ3v) is 3.37. The normalized spacial score (nSPS) is 10.6. The van der Waals surface area contributed by atoms with Crippen molar-refractivity contribution in [2.75, 3.05) is 0 Å². The van der Waals surface area contributed by atoms with Gasteiger partial charge < -0.3 is 11.1 Å². The van der Waals surface area contributed by atoms with Gasteiger partial charge in [-0.3, -0.25) is 9.59 Å². The van der Waals surface area contributed by atoms with Gasteiger partial charge in [0.2, 0.25) is 11.8 Å². The Balaban J connectivity index is 1.90. The number of benzene rings is 2. The van der Waals surface area contributed by atoms with Gasteiger partial charge in [0.15, 0.2) is 0 Å². The second-order valence-corrected chi connectivity index (χ2v) is 5.04. The molecule has 2 amide bonds. The number of carbonyl (C=O) groups is 2. The topological polar surface area (TPSA) is 72.2 Å². The Morgan fingerprint density at radius 1 is 1.09 bits per heavy atom. The Bertz CT molecular complexity index is 709. The van der Waals surface area contributed by atoms with E-state index in [4.69, 9.17) is 17.3 Å². The fourth-order valence-corrected chi connectivity index (χ4v) is 2.01. The van der Waals surface area contributed by atoms with E-state index in [1.165, 1.54) is 6.08 Å². The molecule has 4 nitrogen and oxygen atoms in total. The fourth-order valence-electron chi connectivity index (χ4n) is 1.81. The monoisotopic (exact) mass is 314 g/mol. The summed E-state index contributed by atoms with van der Waals surface area (Å²) in [5, 5.41) is 3.34. The lowest BCUT2D eigenvalue weighted by molar-refractivity contribution is -0.116. The van der Waals surface area contributed by atoms with Crippen LogP contribution in [0.3, 0.4) is 0 Å². The summed E-state index contributed by atoms with van der Waals surface area (Å²) in [4.78, 5) is 22.7. The molecule has 22 heavy (non-hydrogen) atoms. The quantitative estimate of drug-likeness (QED) is 0.833. The second kappa shape index (κ2) is 7.43. The molecule has 0 fully saturated rings. The number of carbonyl (C=O) groups excluding carboxylic acids is 2. The lowest BCUT2D eigenvalue weighted by Gasteiger charge is -2.03. The van der Waals surface area contributed by atoms with Gasteiger partial charge in [0, 0.05) is 23.2 Å². The number of hydrogen-bond acceptors (Lipinski definition) is 2. The highest BCUT2D eigenvalue weighted by Gasteiger charge is 2.01. The van der Waals surface area contributed by atoms with Crippen molar-refractivity contribution in [1.82, 2.24) is 5.32 Å². The summed E-state index contributed by atoms with van der Waals surface area (Å²) < 4.78 is 0. The van der Waals surface area contributed by atoms with E-state index in [0.29, 0.717) is 17.1 Å². The van der Waals surface area contributed by atoms with Gasteiger partial charge in [0.25, 0.3) is 0 Å². The summed E-state index contributed by atoms with van der Waals surface area (Å²) in [7, 11) is 0. The van der Waals surface area contributed by atoms with Gasteiger partial charge in [-0.1, -0.05) is 41.9 Å². The molecule has 0 aliphatic heterocycles. The average molecular weight is 315 g/mol. The van der Waals surface area contributed by atoms with Crippen LogP contribution in [0.5, 0.6) is 0 Å². The van der Waals surface area contributed by atoms with E-state index in [2.05, 4.69) is 5.32 Å². The Labute approximate surface area is 133 Å². The number of nitrogens with one attached hydrogen (secondary N) is 1. The molecule has 0 aliphatic carbocycles. The molecule has 0 atom stereocenters. The van der Waals surface area contributed by atoms with Crippen LogP contribution in [-0.4, -0.2) is 11.8 Å². The molecule has 3 N–H and O–H groups in total. The summed E-state index contributed by atoms with van der Waals surface area (Å²) in [6.45, 7) is 0.366. The van der Waals surface area contributed by atoms with E-state index in [-0.39, 0.29) is 5.91 Å². The van der Waals surface area contributed by atoms with Crippen molar-refractivity contribution in [1.29, 1.82) is 0 Å². The van der Waals surface area contributed by atoms with Gasteiger partial charge in [-0.25, -0.2) is 0 Å². The lowest BCUT2D eigenvalue weighted by atomic mass is 10.1. The Hall–Kier alpha value is -2.59. The first-order chi connectivity index (χ1) is 10.6. The zero-order chi connectivity index (χ0) is 15.9. The number of amides is 2. The molecule has 0 aliphatic rings. The van der Waals surface area contributed by atoms with Crippen LogP contribution < -0.4 is 11.1 Å². The maximum Gasteiger partial charge on any atom is 0.248 e. The van der Waals surface area contributed by atoms with Crippen molar-refractivity contribution in [3.63, 3.8) is 0 Å². The van der Waals surface area contributed by atoms with Crippen LogP contribution in [-0.2, 0) is 11.3 Å². The first-order valence-electron chi connectivity index (χ1n) is 6.65. The van der Waals surface area contributed by atoms with E-state index >= 15 is 0 Å². The largest absolute Gasteiger partial charge is 0.366 e. The van der Waals surface area contributed by atoms with Gasteiger partial charge in [-0.15, -0.1) is 0 Å². The molecular formula is C17H15ClN2O2. The van der Waals surface area contributed by atoms with Crippen molar-refractivity contribution in [2.45, 2.75) is 6.54 Å². The smallest absolute Gasteiger partial charge is 0.248 e. The highest BCUT2D eigenvalue weighted by atomic mass is 35.5. The van der Waals surface area contributed by atoms with E-state index in [1.54, 1.807) is 36.4 Å². The maximum atomic E-state index is 11.8. The van der Waals surface area contributed by atoms with E-state index < -0.39 is 5.91 Å². The number of rotatable bonds is 5. The van der Waals surface area contributed by atoms with E-state index in [9.17, 15) is 9.59 Å². The molecule has 0 unspecified atom stereocenters. The van der Waals surface area contributed by atoms with Crippen LogP contribution in [0.2, 0.25) is 5.02 Å². The van der Waals surface area contributed by atoms with Crippen molar-refractivity contribution in [2.24, 2.45) is 5.73 Å². The van der Waals surface area contributed by atoms with E-state index in [0.717, 1.165) is 11.1 Å². The molecule has 2 rings (SSSR count). The summed E-state index contributed by atoms with van der Waals surface area (Å²) in [6, 6.07) is 14.0. The van der Waals surface area contributed by atoms with Gasteiger partial charge in [0.05, 0.1) is 0 Å². The van der Waals surface area contributed by atoms with Crippen LogP contribution in [0.15, 0.2) is 54.6 Å². The Kier molecular flexibility index (Phi) is 5.33. The van der Waals surface area contributed by atoms with Gasteiger partial charge in [-0.2, -0.15) is 0 Å². The van der Waals surface area contributed by atoms with Crippen molar-refractivity contribution < 1.29 is 9.59 Å². The predicted octanol–water partition coefficient (Wildman–Crippen LogP) is 2.77. The van der Waals surface area contributed by atoms with Crippen LogP contribution >= 0.6 is 11.6 Å². The number of primary amides is 1. The highest BCUT2D eigenvalue weighted by molar-refractivity contribution is 6.32. The average Bonchev–Trinajstić information content (AvgIpc) is 2.52. The van der Waals surface area contributed by atoms with Crippen molar-refractivity contribution in [3.8, 4) is 0 Å². The summed E-state index contributed by atoms with van der Waals surface area (Å²) >= 11 is 6.00. The molecule has 0 bridgehead atoms. The second-order valence-electron chi connectivity index (χ2n) is 4.63. The standard InChI is InChI=1S/C17H15ClN2O2/c18-15-4-2-1-3-13(15)9-10-16(21)20-11-12-5-7-14(8-6-12)17(19)22/h1-10H,11H2,(H2,19,22)(H,20,21)/b10-9+. The third-order valence-electron chi connectivity index (χ3n) is 3.02. The molecule has 5 heteroatoms. The molecule has 0 radical (unpaired) electrons. The molecule has 2 aromatic carbocycles. The third kappa shape index (κ3) is 4.46. The van der Waals surface area contributed by atoms with Gasteiger partial charge in [-0.05, 0) is 35.4 Å². The molecule has 2 aromatic rings. The Morgan fingerprint density at radius 3 is 2.41 bits per heavy atom. The highest BCUT2D eigenvalue weighted by Crippen LogP contribution is 2.16. The molecule has 0 saturated heterocycles. The zero-order valence-electron chi connectivity index (χ0n) is 11.8. The first-order valence-corrected chi connectivity index (χ1v) is 7.03. The maximum absolute atomic E-state index is 11.8. The first kappa shape index (κ1) is 15.8. The van der Waals surface area contributed by atoms with Crippen LogP contribution in [0.4, 0.5) is 0 Å². The number of halogens is 1. The molecule has 112 valence electrons.